The molecule has 0 aromatic heterocycles. The summed E-state index contributed by atoms with van der Waals surface area (Å²) >= 11 is 6.25. The van der Waals surface area contributed by atoms with Gasteiger partial charge in [0.15, 0.2) is 11.5 Å². The Labute approximate surface area is 216 Å². The van der Waals surface area contributed by atoms with Crippen LogP contribution in [-0.4, -0.2) is 46.9 Å². The molecule has 1 unspecified atom stereocenters. The maximum atomic E-state index is 13.9. The van der Waals surface area contributed by atoms with Gasteiger partial charge in [0.2, 0.25) is 0 Å². The van der Waals surface area contributed by atoms with Gasteiger partial charge in [0.1, 0.15) is 12.6 Å². The number of ether oxygens (including phenoxy) is 3. The molecule has 3 aromatic rings. The number of carbonyl (C=O) groups is 1. The number of anilines is 1. The highest BCUT2D eigenvalue weighted by Gasteiger charge is 2.32. The molecule has 0 radical (unpaired) electrons. The van der Waals surface area contributed by atoms with Crippen LogP contribution in [0.4, 0.5) is 5.69 Å². The number of aliphatic hydroxyl groups excluding tert-OH is 1. The van der Waals surface area contributed by atoms with Crippen molar-refractivity contribution in [2.75, 3.05) is 31.7 Å². The summed E-state index contributed by atoms with van der Waals surface area (Å²) in [6.07, 6.45) is -1.22. The van der Waals surface area contributed by atoms with Crippen LogP contribution in [0.25, 0.3) is 0 Å². The number of halogens is 1. The molecule has 0 aliphatic heterocycles. The first-order valence-corrected chi connectivity index (χ1v) is 12.9. The quantitative estimate of drug-likeness (QED) is 0.383. The SMILES string of the molecule is CCOC(=O)CN(c1ccc(Cl)cc1C(O)c1ccccc1C)S(=O)(=O)c1ccc(OC)c(OC)c1. The number of methoxy groups -OCH3 is 2. The van der Waals surface area contributed by atoms with Gasteiger partial charge in [-0.2, -0.15) is 0 Å². The van der Waals surface area contributed by atoms with E-state index >= 15 is 0 Å². The van der Waals surface area contributed by atoms with Gasteiger partial charge in [-0.15, -0.1) is 0 Å². The standard InChI is InChI=1S/C26H28ClNO7S/c1-5-35-25(29)16-28(36(31,32)19-11-13-23(33-3)24(15-19)34-4)22-12-10-18(27)14-21(22)26(30)20-9-7-6-8-17(20)2/h6-15,26,30H,5,16H2,1-4H3. The number of hydrogen-bond donors (Lipinski definition) is 1. The third-order valence-corrected chi connectivity index (χ3v) is 7.55. The van der Waals surface area contributed by atoms with Gasteiger partial charge in [-0.1, -0.05) is 35.9 Å². The second kappa shape index (κ2) is 11.6. The molecule has 8 nitrogen and oxygen atoms in total. The first-order valence-electron chi connectivity index (χ1n) is 11.1. The number of esters is 1. The van der Waals surface area contributed by atoms with Gasteiger partial charge in [0.05, 0.1) is 31.4 Å². The second-order valence-corrected chi connectivity index (χ2v) is 10.1. The average molecular weight is 534 g/mol. The number of carbonyl (C=O) groups excluding carboxylic acids is 1. The molecule has 3 aromatic carbocycles. The molecule has 0 aliphatic carbocycles. The zero-order valence-corrected chi connectivity index (χ0v) is 22.0. The maximum absolute atomic E-state index is 13.9. The normalized spacial score (nSPS) is 12.1. The molecule has 36 heavy (non-hydrogen) atoms. The Hall–Kier alpha value is -3.27. The van der Waals surface area contributed by atoms with Crippen molar-refractivity contribution in [1.29, 1.82) is 0 Å². The van der Waals surface area contributed by atoms with E-state index in [2.05, 4.69) is 0 Å². The highest BCUT2D eigenvalue weighted by molar-refractivity contribution is 7.92. The van der Waals surface area contributed by atoms with E-state index in [0.717, 1.165) is 9.87 Å². The van der Waals surface area contributed by atoms with E-state index in [1.165, 1.54) is 50.6 Å². The summed E-state index contributed by atoms with van der Waals surface area (Å²) in [6.45, 7) is 2.91. The lowest BCUT2D eigenvalue weighted by atomic mass is 9.96. The van der Waals surface area contributed by atoms with E-state index in [4.69, 9.17) is 25.8 Å². The summed E-state index contributed by atoms with van der Waals surface area (Å²) in [4.78, 5) is 12.4. The number of aliphatic hydroxyl groups is 1. The fourth-order valence-electron chi connectivity index (χ4n) is 3.76. The van der Waals surface area contributed by atoms with Crippen LogP contribution in [0.15, 0.2) is 65.6 Å². The van der Waals surface area contributed by atoms with E-state index in [9.17, 15) is 18.3 Å². The van der Waals surface area contributed by atoms with Crippen molar-refractivity contribution in [2.24, 2.45) is 0 Å². The minimum absolute atomic E-state index is 0.0718. The highest BCUT2D eigenvalue weighted by Crippen LogP contribution is 2.38. The monoisotopic (exact) mass is 533 g/mol. The number of nitrogens with zero attached hydrogens (tertiary/aromatic N) is 1. The zero-order chi connectivity index (χ0) is 26.5. The lowest BCUT2D eigenvalue weighted by Crippen LogP contribution is -2.37. The van der Waals surface area contributed by atoms with Crippen molar-refractivity contribution < 1.29 is 32.5 Å². The summed E-state index contributed by atoms with van der Waals surface area (Å²) in [6, 6.07) is 15.7. The minimum Gasteiger partial charge on any atom is -0.493 e. The average Bonchev–Trinajstić information content (AvgIpc) is 2.87. The van der Waals surface area contributed by atoms with Crippen molar-refractivity contribution in [2.45, 2.75) is 24.8 Å². The van der Waals surface area contributed by atoms with Crippen LogP contribution in [0, 0.1) is 6.92 Å². The fraction of sp³-hybridized carbons (Fsp3) is 0.269. The predicted molar refractivity (Wildman–Crippen MR) is 137 cm³/mol. The Kier molecular flexibility index (Phi) is 8.84. The summed E-state index contributed by atoms with van der Waals surface area (Å²) < 4.78 is 44.3. The lowest BCUT2D eigenvalue weighted by Gasteiger charge is -2.28. The number of sulfonamides is 1. The minimum atomic E-state index is -4.34. The van der Waals surface area contributed by atoms with E-state index in [0.29, 0.717) is 16.3 Å². The number of aryl methyl sites for hydroxylation is 1. The van der Waals surface area contributed by atoms with E-state index in [1.807, 2.05) is 19.1 Å². The second-order valence-electron chi connectivity index (χ2n) is 7.80. The van der Waals surface area contributed by atoms with Gasteiger partial charge >= 0.3 is 5.97 Å². The van der Waals surface area contributed by atoms with Crippen LogP contribution in [0.2, 0.25) is 5.02 Å². The van der Waals surface area contributed by atoms with Crippen molar-refractivity contribution in [3.05, 3.63) is 82.4 Å². The summed E-state index contributed by atoms with van der Waals surface area (Å²) in [5, 5.41) is 11.6. The first kappa shape index (κ1) is 27.3. The molecule has 0 saturated carbocycles. The molecular weight excluding hydrogens is 506 g/mol. The molecule has 0 spiro atoms. The highest BCUT2D eigenvalue weighted by atomic mass is 35.5. The van der Waals surface area contributed by atoms with Gasteiger partial charge in [0, 0.05) is 16.7 Å². The Morgan fingerprint density at radius 3 is 2.33 bits per heavy atom. The fourth-order valence-corrected chi connectivity index (χ4v) is 5.39. The molecule has 3 rings (SSSR count). The van der Waals surface area contributed by atoms with E-state index in [-0.39, 0.29) is 28.5 Å². The molecule has 0 bridgehead atoms. The molecule has 192 valence electrons. The molecule has 0 heterocycles. The molecule has 0 fully saturated rings. The van der Waals surface area contributed by atoms with Gasteiger partial charge in [-0.05, 0) is 55.3 Å². The number of benzene rings is 3. The Morgan fingerprint density at radius 2 is 1.69 bits per heavy atom. The molecule has 1 atom stereocenters. The van der Waals surface area contributed by atoms with Gasteiger partial charge in [0.25, 0.3) is 10.0 Å². The molecular formula is C26H28ClNO7S. The summed E-state index contributed by atoms with van der Waals surface area (Å²) in [5.41, 5.74) is 1.67. The predicted octanol–water partition coefficient (Wildman–Crippen LogP) is 4.51. The van der Waals surface area contributed by atoms with Crippen molar-refractivity contribution in [3.8, 4) is 11.5 Å². The molecule has 10 heteroatoms. The van der Waals surface area contributed by atoms with Crippen LogP contribution >= 0.6 is 11.6 Å². The number of rotatable bonds is 10. The maximum Gasteiger partial charge on any atom is 0.326 e. The smallest absolute Gasteiger partial charge is 0.326 e. The topological polar surface area (TPSA) is 102 Å². The number of hydrogen-bond acceptors (Lipinski definition) is 7. The van der Waals surface area contributed by atoms with Crippen LogP contribution in [0.1, 0.15) is 29.7 Å². The van der Waals surface area contributed by atoms with Crippen LogP contribution in [-0.2, 0) is 19.6 Å². The van der Waals surface area contributed by atoms with Crippen molar-refractivity contribution >= 4 is 33.3 Å². The Morgan fingerprint density at radius 1 is 1.00 bits per heavy atom. The van der Waals surface area contributed by atoms with Crippen molar-refractivity contribution in [1.82, 2.24) is 0 Å². The molecule has 0 aliphatic rings. The summed E-state index contributed by atoms with van der Waals surface area (Å²) in [5.74, 6) is -0.214. The molecule has 0 saturated heterocycles. The van der Waals surface area contributed by atoms with Gasteiger partial charge in [-0.25, -0.2) is 8.42 Å². The molecule has 0 amide bonds. The first-order chi connectivity index (χ1) is 17.1. The zero-order valence-electron chi connectivity index (χ0n) is 20.4. The largest absolute Gasteiger partial charge is 0.493 e. The molecule has 1 N–H and O–H groups in total. The summed E-state index contributed by atoms with van der Waals surface area (Å²) in [7, 11) is -1.52. The van der Waals surface area contributed by atoms with Crippen molar-refractivity contribution in [3.63, 3.8) is 0 Å². The van der Waals surface area contributed by atoms with E-state index < -0.39 is 28.6 Å². The Balaban J connectivity index is 2.22. The van der Waals surface area contributed by atoms with E-state index in [1.54, 1.807) is 19.1 Å². The van der Waals surface area contributed by atoms with Crippen LogP contribution in [0.3, 0.4) is 0 Å². The van der Waals surface area contributed by atoms with Crippen LogP contribution in [0.5, 0.6) is 11.5 Å². The van der Waals surface area contributed by atoms with Gasteiger partial charge in [-0.3, -0.25) is 9.10 Å². The third-order valence-electron chi connectivity index (χ3n) is 5.56. The Bertz CT molecular complexity index is 1340. The van der Waals surface area contributed by atoms with Gasteiger partial charge < -0.3 is 19.3 Å². The third kappa shape index (κ3) is 5.75. The lowest BCUT2D eigenvalue weighted by molar-refractivity contribution is -0.141. The van der Waals surface area contributed by atoms with Crippen LogP contribution < -0.4 is 13.8 Å².